The van der Waals surface area contributed by atoms with Gasteiger partial charge in [-0.25, -0.2) is 9.48 Å². The number of benzene rings is 1. The van der Waals surface area contributed by atoms with Crippen LogP contribution in [0.15, 0.2) is 18.2 Å². The minimum absolute atomic E-state index is 0.150. The van der Waals surface area contributed by atoms with Gasteiger partial charge in [0.25, 0.3) is 0 Å². The van der Waals surface area contributed by atoms with Crippen LogP contribution in [-0.4, -0.2) is 37.8 Å². The zero-order valence-corrected chi connectivity index (χ0v) is 11.4. The Labute approximate surface area is 125 Å². The van der Waals surface area contributed by atoms with E-state index in [4.69, 9.17) is 9.84 Å². The van der Waals surface area contributed by atoms with E-state index < -0.39 is 5.97 Å². The molecule has 1 aromatic carbocycles. The Morgan fingerprint density at radius 2 is 2.32 bits per heavy atom. The van der Waals surface area contributed by atoms with Gasteiger partial charge in [-0.1, -0.05) is 5.21 Å². The van der Waals surface area contributed by atoms with Gasteiger partial charge in [-0.15, -0.1) is 5.10 Å². The number of nitriles is 1. The molecule has 3 rings (SSSR count). The molecular weight excluding hydrogens is 288 g/mol. The molecule has 0 aliphatic carbocycles. The van der Waals surface area contributed by atoms with Crippen molar-refractivity contribution in [2.75, 3.05) is 6.61 Å². The maximum Gasteiger partial charge on any atom is 0.339 e. The summed E-state index contributed by atoms with van der Waals surface area (Å²) in [5.74, 6) is -1.59. The van der Waals surface area contributed by atoms with Crippen molar-refractivity contribution in [2.24, 2.45) is 0 Å². The number of aromatic hydroxyl groups is 1. The number of rotatable bonds is 3. The summed E-state index contributed by atoms with van der Waals surface area (Å²) in [4.78, 5) is 11.1. The zero-order valence-electron chi connectivity index (χ0n) is 11.4. The molecule has 0 radical (unpaired) electrons. The molecule has 1 aromatic heterocycles. The number of hydrogen-bond donors (Lipinski definition) is 2. The highest BCUT2D eigenvalue weighted by molar-refractivity contribution is 5.91. The topological polar surface area (TPSA) is 121 Å². The van der Waals surface area contributed by atoms with E-state index >= 15 is 0 Å². The highest BCUT2D eigenvalue weighted by Crippen LogP contribution is 2.32. The van der Waals surface area contributed by atoms with E-state index in [1.54, 1.807) is 0 Å². The van der Waals surface area contributed by atoms with Gasteiger partial charge in [0.15, 0.2) is 5.69 Å². The van der Waals surface area contributed by atoms with Crippen molar-refractivity contribution in [2.45, 2.75) is 18.9 Å². The van der Waals surface area contributed by atoms with Gasteiger partial charge in [-0.2, -0.15) is 5.26 Å². The number of carboxylic acids is 1. The molecule has 2 N–H and O–H groups in total. The molecule has 8 heteroatoms. The molecule has 1 fully saturated rings. The van der Waals surface area contributed by atoms with Crippen LogP contribution >= 0.6 is 0 Å². The lowest BCUT2D eigenvalue weighted by atomic mass is 10.1. The molecule has 112 valence electrons. The largest absolute Gasteiger partial charge is 0.507 e. The lowest BCUT2D eigenvalue weighted by molar-refractivity contribution is 0.0693. The molecule has 2 heterocycles. The number of phenols is 1. The minimum Gasteiger partial charge on any atom is -0.507 e. The quantitative estimate of drug-likeness (QED) is 0.878. The summed E-state index contributed by atoms with van der Waals surface area (Å²) >= 11 is 0. The number of nitrogens with zero attached hydrogens (tertiary/aromatic N) is 4. The van der Waals surface area contributed by atoms with Crippen LogP contribution in [-0.2, 0) is 4.74 Å². The first-order valence-corrected chi connectivity index (χ1v) is 6.66. The predicted octanol–water partition coefficient (Wildman–Crippen LogP) is 1.39. The standard InChI is InChI=1S/C14H12N4O4/c15-7-10-13(12-2-1-5-22-12)18(17-16-10)8-3-4-11(19)9(6-8)14(20)21/h3-4,6,12,19H,1-2,5H2,(H,20,21). The Balaban J connectivity index is 2.13. The summed E-state index contributed by atoms with van der Waals surface area (Å²) in [6.07, 6.45) is 1.31. The van der Waals surface area contributed by atoms with E-state index in [0.717, 1.165) is 12.8 Å². The summed E-state index contributed by atoms with van der Waals surface area (Å²) in [6, 6.07) is 6.03. The normalized spacial score (nSPS) is 17.3. The van der Waals surface area contributed by atoms with E-state index in [1.807, 2.05) is 6.07 Å². The first-order valence-electron chi connectivity index (χ1n) is 6.66. The summed E-state index contributed by atoms with van der Waals surface area (Å²) < 4.78 is 6.98. The van der Waals surface area contributed by atoms with Gasteiger partial charge in [0.05, 0.1) is 5.69 Å². The van der Waals surface area contributed by atoms with Gasteiger partial charge < -0.3 is 14.9 Å². The SMILES string of the molecule is N#Cc1nnn(-c2ccc(O)c(C(=O)O)c2)c1C1CCCO1. The van der Waals surface area contributed by atoms with Crippen molar-refractivity contribution in [3.8, 4) is 17.5 Å². The van der Waals surface area contributed by atoms with Crippen molar-refractivity contribution in [1.29, 1.82) is 5.26 Å². The Morgan fingerprint density at radius 1 is 1.50 bits per heavy atom. The molecule has 0 amide bonds. The summed E-state index contributed by atoms with van der Waals surface area (Å²) in [5, 5.41) is 35.6. The maximum atomic E-state index is 11.1. The molecule has 0 spiro atoms. The van der Waals surface area contributed by atoms with Crippen molar-refractivity contribution in [3.05, 3.63) is 35.2 Å². The van der Waals surface area contributed by atoms with Crippen LogP contribution in [0, 0.1) is 11.3 Å². The first kappa shape index (κ1) is 14.0. The molecule has 22 heavy (non-hydrogen) atoms. The van der Waals surface area contributed by atoms with E-state index in [1.165, 1.54) is 22.9 Å². The highest BCUT2D eigenvalue weighted by Gasteiger charge is 2.27. The fourth-order valence-electron chi connectivity index (χ4n) is 2.47. The summed E-state index contributed by atoms with van der Waals surface area (Å²) in [5.41, 5.74) is 0.804. The van der Waals surface area contributed by atoms with Crippen molar-refractivity contribution < 1.29 is 19.7 Å². The third-order valence-electron chi connectivity index (χ3n) is 3.50. The molecule has 0 saturated carbocycles. The van der Waals surface area contributed by atoms with Crippen LogP contribution < -0.4 is 0 Å². The molecule has 1 atom stereocenters. The van der Waals surface area contributed by atoms with Crippen molar-refractivity contribution in [3.63, 3.8) is 0 Å². The Hall–Kier alpha value is -2.92. The van der Waals surface area contributed by atoms with E-state index in [-0.39, 0.29) is 23.1 Å². The summed E-state index contributed by atoms with van der Waals surface area (Å²) in [7, 11) is 0. The number of carbonyl (C=O) groups is 1. The van der Waals surface area contributed by atoms with Gasteiger partial charge in [0.1, 0.15) is 29.2 Å². The van der Waals surface area contributed by atoms with E-state index in [0.29, 0.717) is 18.0 Å². The molecular formula is C14H12N4O4. The first-order chi connectivity index (χ1) is 10.6. The van der Waals surface area contributed by atoms with Crippen LogP contribution in [0.25, 0.3) is 5.69 Å². The number of carboxylic acid groups (broad SMARTS) is 1. The average Bonchev–Trinajstić information content (AvgIpc) is 3.15. The Bertz CT molecular complexity index is 772. The fourth-order valence-corrected chi connectivity index (χ4v) is 2.47. The second kappa shape index (κ2) is 5.46. The average molecular weight is 300 g/mol. The lowest BCUT2D eigenvalue weighted by Gasteiger charge is -2.12. The molecule has 2 aromatic rings. The van der Waals surface area contributed by atoms with Crippen LogP contribution in [0.4, 0.5) is 0 Å². The number of aromatic carboxylic acids is 1. The molecule has 8 nitrogen and oxygen atoms in total. The second-order valence-electron chi connectivity index (χ2n) is 4.86. The number of ether oxygens (including phenoxy) is 1. The third kappa shape index (κ3) is 2.27. The highest BCUT2D eigenvalue weighted by atomic mass is 16.5. The fraction of sp³-hybridized carbons (Fsp3) is 0.286. The molecule has 0 bridgehead atoms. The smallest absolute Gasteiger partial charge is 0.339 e. The Morgan fingerprint density at radius 3 is 2.95 bits per heavy atom. The second-order valence-corrected chi connectivity index (χ2v) is 4.86. The van der Waals surface area contributed by atoms with Gasteiger partial charge in [-0.3, -0.25) is 0 Å². The van der Waals surface area contributed by atoms with E-state index in [9.17, 15) is 15.2 Å². The lowest BCUT2D eigenvalue weighted by Crippen LogP contribution is -2.09. The molecule has 1 unspecified atom stereocenters. The summed E-state index contributed by atoms with van der Waals surface area (Å²) in [6.45, 7) is 0.594. The predicted molar refractivity (Wildman–Crippen MR) is 72.6 cm³/mol. The Kier molecular flexibility index (Phi) is 3.48. The van der Waals surface area contributed by atoms with Crippen molar-refractivity contribution >= 4 is 5.97 Å². The molecule has 1 aliphatic rings. The minimum atomic E-state index is -1.25. The van der Waals surface area contributed by atoms with Gasteiger partial charge >= 0.3 is 5.97 Å². The van der Waals surface area contributed by atoms with Crippen LogP contribution in [0.1, 0.15) is 40.7 Å². The zero-order chi connectivity index (χ0) is 15.7. The number of hydrogen-bond acceptors (Lipinski definition) is 6. The van der Waals surface area contributed by atoms with Crippen LogP contribution in [0.3, 0.4) is 0 Å². The monoisotopic (exact) mass is 300 g/mol. The van der Waals surface area contributed by atoms with Gasteiger partial charge in [0, 0.05) is 6.61 Å². The van der Waals surface area contributed by atoms with E-state index in [2.05, 4.69) is 10.3 Å². The molecule has 1 aliphatic heterocycles. The maximum absolute atomic E-state index is 11.1. The van der Waals surface area contributed by atoms with Crippen LogP contribution in [0.5, 0.6) is 5.75 Å². The van der Waals surface area contributed by atoms with Crippen LogP contribution in [0.2, 0.25) is 0 Å². The number of aromatic nitrogens is 3. The van der Waals surface area contributed by atoms with Gasteiger partial charge in [-0.05, 0) is 31.0 Å². The third-order valence-corrected chi connectivity index (χ3v) is 3.50. The van der Waals surface area contributed by atoms with Crippen molar-refractivity contribution in [1.82, 2.24) is 15.0 Å². The molecule has 1 saturated heterocycles. The van der Waals surface area contributed by atoms with Gasteiger partial charge in [0.2, 0.25) is 0 Å².